The van der Waals surface area contributed by atoms with Crippen LogP contribution in [0.4, 0.5) is 0 Å². The largest absolute Gasteiger partial charge is 0.492 e. The molecule has 0 aliphatic carbocycles. The molecule has 2 aromatic rings. The van der Waals surface area contributed by atoms with Gasteiger partial charge in [-0.15, -0.1) is 0 Å². The van der Waals surface area contributed by atoms with Crippen LogP contribution in [0, 0.1) is 0 Å². The Morgan fingerprint density at radius 3 is 2.30 bits per heavy atom. The van der Waals surface area contributed by atoms with Crippen molar-refractivity contribution in [3.8, 4) is 5.75 Å². The molecule has 7 heteroatoms. The van der Waals surface area contributed by atoms with E-state index in [1.807, 2.05) is 54.6 Å². The van der Waals surface area contributed by atoms with Gasteiger partial charge in [-0.2, -0.15) is 4.31 Å². The molecule has 146 valence electrons. The summed E-state index contributed by atoms with van der Waals surface area (Å²) in [4.78, 5) is 12.1. The monoisotopic (exact) mass is 390 g/mol. The van der Waals surface area contributed by atoms with Gasteiger partial charge in [-0.1, -0.05) is 49.4 Å². The van der Waals surface area contributed by atoms with E-state index >= 15 is 0 Å². The average molecular weight is 391 g/mol. The highest BCUT2D eigenvalue weighted by molar-refractivity contribution is 7.88. The van der Waals surface area contributed by atoms with Crippen LogP contribution in [0.5, 0.6) is 5.75 Å². The minimum absolute atomic E-state index is 0.160. The Hall–Kier alpha value is -2.38. The lowest BCUT2D eigenvalue weighted by atomic mass is 10.2. The Morgan fingerprint density at radius 1 is 1.04 bits per heavy atom. The van der Waals surface area contributed by atoms with Crippen LogP contribution >= 0.6 is 0 Å². The summed E-state index contributed by atoms with van der Waals surface area (Å²) in [7, 11) is -3.50. The molecule has 1 amide bonds. The number of hydrogen-bond acceptors (Lipinski definition) is 4. The van der Waals surface area contributed by atoms with Gasteiger partial charge in [-0.05, 0) is 29.7 Å². The molecule has 27 heavy (non-hydrogen) atoms. The van der Waals surface area contributed by atoms with Crippen molar-refractivity contribution in [2.75, 3.05) is 26.0 Å². The lowest BCUT2D eigenvalue weighted by molar-refractivity contribution is -0.121. The van der Waals surface area contributed by atoms with Gasteiger partial charge in [0, 0.05) is 6.54 Å². The number of aryl methyl sites for hydroxylation is 1. The maximum atomic E-state index is 12.1. The highest BCUT2D eigenvalue weighted by Gasteiger charge is 2.20. The summed E-state index contributed by atoms with van der Waals surface area (Å²) in [5, 5.41) is 2.69. The molecule has 0 atom stereocenters. The summed E-state index contributed by atoms with van der Waals surface area (Å²) < 4.78 is 30.7. The van der Waals surface area contributed by atoms with E-state index in [1.54, 1.807) is 0 Å². The Kier molecular flexibility index (Phi) is 7.82. The summed E-state index contributed by atoms with van der Waals surface area (Å²) in [5.74, 6) is 0.379. The molecule has 2 aromatic carbocycles. The standard InChI is InChI=1S/C20H26N2O4S/c1-3-17-9-11-19(12-10-17)26-14-13-21-20(23)16-22(27(2,24)25)15-18-7-5-4-6-8-18/h4-12H,3,13-16H2,1-2H3,(H,21,23). The van der Waals surface area contributed by atoms with Crippen LogP contribution in [-0.2, 0) is 27.8 Å². The first-order chi connectivity index (χ1) is 12.9. The predicted molar refractivity (Wildman–Crippen MR) is 106 cm³/mol. The van der Waals surface area contributed by atoms with Crippen molar-refractivity contribution in [2.24, 2.45) is 0 Å². The number of ether oxygens (including phenoxy) is 1. The normalized spacial score (nSPS) is 11.4. The zero-order valence-electron chi connectivity index (χ0n) is 15.7. The molecule has 0 aliphatic rings. The van der Waals surface area contributed by atoms with Crippen LogP contribution < -0.4 is 10.1 Å². The van der Waals surface area contributed by atoms with Gasteiger partial charge >= 0.3 is 0 Å². The van der Waals surface area contributed by atoms with Crippen LogP contribution in [0.2, 0.25) is 0 Å². The van der Waals surface area contributed by atoms with Gasteiger partial charge in [0.05, 0.1) is 19.3 Å². The number of nitrogens with zero attached hydrogens (tertiary/aromatic N) is 1. The molecule has 0 aliphatic heterocycles. The zero-order chi connectivity index (χ0) is 19.7. The van der Waals surface area contributed by atoms with Gasteiger partial charge in [0.15, 0.2) is 0 Å². The molecule has 2 rings (SSSR count). The molecule has 0 fully saturated rings. The van der Waals surface area contributed by atoms with Gasteiger partial charge in [-0.25, -0.2) is 8.42 Å². The molecular formula is C20H26N2O4S. The number of nitrogens with one attached hydrogen (secondary N) is 1. The van der Waals surface area contributed by atoms with Gasteiger partial charge in [0.1, 0.15) is 12.4 Å². The van der Waals surface area contributed by atoms with E-state index in [0.29, 0.717) is 13.2 Å². The number of rotatable bonds is 10. The third kappa shape index (κ3) is 7.40. The topological polar surface area (TPSA) is 75.7 Å². The van der Waals surface area contributed by atoms with Crippen molar-refractivity contribution in [3.63, 3.8) is 0 Å². The van der Waals surface area contributed by atoms with Gasteiger partial charge in [-0.3, -0.25) is 4.79 Å². The number of hydrogen-bond donors (Lipinski definition) is 1. The second-order valence-corrected chi connectivity index (χ2v) is 8.20. The Balaban J connectivity index is 1.79. The Labute approximate surface area is 161 Å². The van der Waals surface area contributed by atoms with E-state index in [9.17, 15) is 13.2 Å². The number of benzene rings is 2. The van der Waals surface area contributed by atoms with E-state index in [0.717, 1.165) is 28.3 Å². The van der Waals surface area contributed by atoms with Crippen molar-refractivity contribution < 1.29 is 17.9 Å². The molecular weight excluding hydrogens is 364 g/mol. The second-order valence-electron chi connectivity index (χ2n) is 6.21. The van der Waals surface area contributed by atoms with Crippen molar-refractivity contribution in [3.05, 3.63) is 65.7 Å². The van der Waals surface area contributed by atoms with Crippen LogP contribution in [0.15, 0.2) is 54.6 Å². The molecule has 0 saturated heterocycles. The highest BCUT2D eigenvalue weighted by atomic mass is 32.2. The second kappa shape index (κ2) is 10.1. The van der Waals surface area contributed by atoms with Crippen LogP contribution in [-0.4, -0.2) is 44.6 Å². The van der Waals surface area contributed by atoms with Gasteiger partial charge in [0.25, 0.3) is 0 Å². The Morgan fingerprint density at radius 2 is 1.70 bits per heavy atom. The number of amides is 1. The number of carbonyl (C=O) groups excluding carboxylic acids is 1. The van der Waals surface area contributed by atoms with Crippen LogP contribution in [0.1, 0.15) is 18.1 Å². The third-order valence-electron chi connectivity index (χ3n) is 4.02. The van der Waals surface area contributed by atoms with Crippen LogP contribution in [0.25, 0.3) is 0 Å². The molecule has 0 saturated carbocycles. The Bertz CT molecular complexity index is 821. The van der Waals surface area contributed by atoms with Crippen molar-refractivity contribution in [1.82, 2.24) is 9.62 Å². The maximum Gasteiger partial charge on any atom is 0.235 e. The molecule has 0 unspecified atom stereocenters. The molecule has 1 N–H and O–H groups in total. The first kappa shape index (κ1) is 20.9. The van der Waals surface area contributed by atoms with Crippen LogP contribution in [0.3, 0.4) is 0 Å². The van der Waals surface area contributed by atoms with E-state index < -0.39 is 10.0 Å². The molecule has 0 heterocycles. The summed E-state index contributed by atoms with van der Waals surface area (Å²) >= 11 is 0. The van der Waals surface area contributed by atoms with E-state index in [4.69, 9.17) is 4.74 Å². The summed E-state index contributed by atoms with van der Waals surface area (Å²) in [6.07, 6.45) is 2.07. The lowest BCUT2D eigenvalue weighted by Crippen LogP contribution is -2.40. The van der Waals surface area contributed by atoms with Gasteiger partial charge < -0.3 is 10.1 Å². The zero-order valence-corrected chi connectivity index (χ0v) is 16.5. The van der Waals surface area contributed by atoms with E-state index in [1.165, 1.54) is 5.56 Å². The molecule has 0 bridgehead atoms. The summed E-state index contributed by atoms with van der Waals surface area (Å²) in [5.41, 5.74) is 2.06. The fourth-order valence-electron chi connectivity index (χ4n) is 2.47. The third-order valence-corrected chi connectivity index (χ3v) is 5.21. The first-order valence-electron chi connectivity index (χ1n) is 8.86. The van der Waals surface area contributed by atoms with E-state index in [-0.39, 0.29) is 19.0 Å². The lowest BCUT2D eigenvalue weighted by Gasteiger charge is -2.19. The first-order valence-corrected chi connectivity index (χ1v) is 10.7. The van der Waals surface area contributed by atoms with Crippen molar-refractivity contribution >= 4 is 15.9 Å². The van der Waals surface area contributed by atoms with Crippen molar-refractivity contribution in [2.45, 2.75) is 19.9 Å². The quantitative estimate of drug-likeness (QED) is 0.631. The molecule has 6 nitrogen and oxygen atoms in total. The maximum absolute atomic E-state index is 12.1. The SMILES string of the molecule is CCc1ccc(OCCNC(=O)CN(Cc2ccccc2)S(C)(=O)=O)cc1. The minimum Gasteiger partial charge on any atom is -0.492 e. The average Bonchev–Trinajstić information content (AvgIpc) is 2.65. The van der Waals surface area contributed by atoms with Gasteiger partial charge in [0.2, 0.25) is 15.9 Å². The molecule has 0 aromatic heterocycles. The summed E-state index contributed by atoms with van der Waals surface area (Å²) in [6, 6.07) is 17.0. The predicted octanol–water partition coefficient (Wildman–Crippen LogP) is 2.21. The number of sulfonamides is 1. The minimum atomic E-state index is -3.50. The highest BCUT2D eigenvalue weighted by Crippen LogP contribution is 2.12. The fraction of sp³-hybridized carbons (Fsp3) is 0.350. The van der Waals surface area contributed by atoms with E-state index in [2.05, 4.69) is 12.2 Å². The van der Waals surface area contributed by atoms with Crippen molar-refractivity contribution in [1.29, 1.82) is 0 Å². The molecule has 0 spiro atoms. The number of carbonyl (C=O) groups is 1. The fourth-order valence-corrected chi connectivity index (χ4v) is 3.21. The summed E-state index contributed by atoms with van der Waals surface area (Å²) in [6.45, 7) is 2.64. The molecule has 0 radical (unpaired) electrons. The smallest absolute Gasteiger partial charge is 0.235 e.